The largest absolute Gasteiger partial charge is 0.382 e. The molecular weight excluding hydrogens is 334 g/mol. The standard InChI is InChI=1S/C15H19N3O3S2/c1-5-18-14(19)13(10-17(3)4)22-15(18)16-23(20,21)12-8-6-11(2)7-9-12/h6-10H,5H2,1-4H3. The van der Waals surface area contributed by atoms with Crippen LogP contribution in [0.15, 0.2) is 44.7 Å². The topological polar surface area (TPSA) is 70.1 Å². The van der Waals surface area contributed by atoms with Crippen LogP contribution < -0.4 is 0 Å². The van der Waals surface area contributed by atoms with Crippen LogP contribution in [-0.4, -0.2) is 49.9 Å². The maximum absolute atomic E-state index is 12.4. The highest BCUT2D eigenvalue weighted by molar-refractivity contribution is 8.19. The summed E-state index contributed by atoms with van der Waals surface area (Å²) in [5.41, 5.74) is 0.966. The highest BCUT2D eigenvalue weighted by Gasteiger charge is 2.34. The van der Waals surface area contributed by atoms with Crippen molar-refractivity contribution in [3.05, 3.63) is 40.9 Å². The van der Waals surface area contributed by atoms with E-state index in [-0.39, 0.29) is 16.0 Å². The summed E-state index contributed by atoms with van der Waals surface area (Å²) in [5, 5.41) is 0.186. The second-order valence-electron chi connectivity index (χ2n) is 5.27. The van der Waals surface area contributed by atoms with Gasteiger partial charge in [0.05, 0.1) is 9.80 Å². The Labute approximate surface area is 140 Å². The van der Waals surface area contributed by atoms with Crippen LogP contribution in [0.4, 0.5) is 0 Å². The average Bonchev–Trinajstić information content (AvgIpc) is 2.73. The van der Waals surface area contributed by atoms with E-state index in [0.717, 1.165) is 17.3 Å². The number of thioether (sulfide) groups is 1. The molecule has 1 aromatic rings. The van der Waals surface area contributed by atoms with Crippen molar-refractivity contribution in [3.63, 3.8) is 0 Å². The van der Waals surface area contributed by atoms with Crippen LogP contribution in [0.1, 0.15) is 12.5 Å². The third kappa shape index (κ3) is 3.94. The molecule has 2 rings (SSSR count). The Kier molecular flexibility index (Phi) is 5.16. The summed E-state index contributed by atoms with van der Waals surface area (Å²) in [6, 6.07) is 6.47. The predicted octanol–water partition coefficient (Wildman–Crippen LogP) is 2.04. The number of sulfonamides is 1. The van der Waals surface area contributed by atoms with Crippen LogP contribution in [0.5, 0.6) is 0 Å². The molecule has 0 spiro atoms. The Morgan fingerprint density at radius 1 is 1.26 bits per heavy atom. The Morgan fingerprint density at radius 2 is 1.87 bits per heavy atom. The normalized spacial score (nSPS) is 19.0. The van der Waals surface area contributed by atoms with Gasteiger partial charge in [-0.25, -0.2) is 0 Å². The van der Waals surface area contributed by atoms with Gasteiger partial charge < -0.3 is 4.90 Å². The van der Waals surface area contributed by atoms with E-state index in [1.165, 1.54) is 17.0 Å². The lowest BCUT2D eigenvalue weighted by molar-refractivity contribution is -0.122. The third-order valence-corrected chi connectivity index (χ3v) is 5.49. The van der Waals surface area contributed by atoms with Crippen molar-refractivity contribution in [1.82, 2.24) is 9.80 Å². The smallest absolute Gasteiger partial charge is 0.284 e. The van der Waals surface area contributed by atoms with E-state index in [9.17, 15) is 13.2 Å². The zero-order valence-electron chi connectivity index (χ0n) is 13.5. The minimum absolute atomic E-state index is 0.116. The van der Waals surface area contributed by atoms with E-state index < -0.39 is 10.0 Å². The molecule has 1 aromatic carbocycles. The summed E-state index contributed by atoms with van der Waals surface area (Å²) in [5.74, 6) is -0.232. The van der Waals surface area contributed by atoms with Crippen molar-refractivity contribution in [2.75, 3.05) is 20.6 Å². The number of amidine groups is 1. The summed E-state index contributed by atoms with van der Waals surface area (Å²) in [6.45, 7) is 4.02. The number of hydrogen-bond donors (Lipinski definition) is 0. The summed E-state index contributed by atoms with van der Waals surface area (Å²) in [7, 11) is -0.245. The summed E-state index contributed by atoms with van der Waals surface area (Å²) < 4.78 is 28.7. The zero-order valence-corrected chi connectivity index (χ0v) is 15.1. The first-order chi connectivity index (χ1) is 10.7. The molecule has 0 unspecified atom stereocenters. The number of amides is 1. The Hall–Kier alpha value is -1.80. The van der Waals surface area contributed by atoms with E-state index >= 15 is 0 Å². The van der Waals surface area contributed by atoms with Crippen LogP contribution >= 0.6 is 11.8 Å². The second kappa shape index (κ2) is 6.76. The molecule has 124 valence electrons. The van der Waals surface area contributed by atoms with Crippen LogP contribution in [-0.2, 0) is 14.8 Å². The van der Waals surface area contributed by atoms with Gasteiger partial charge in [-0.2, -0.15) is 8.42 Å². The SMILES string of the molecule is CCN1C(=O)C(=CN(C)C)SC1=NS(=O)(=O)c1ccc(C)cc1. The molecule has 1 saturated heterocycles. The highest BCUT2D eigenvalue weighted by atomic mass is 32.2. The highest BCUT2D eigenvalue weighted by Crippen LogP contribution is 2.32. The van der Waals surface area contributed by atoms with Crippen molar-refractivity contribution in [2.24, 2.45) is 4.40 Å². The minimum atomic E-state index is -3.85. The van der Waals surface area contributed by atoms with E-state index in [0.29, 0.717) is 11.4 Å². The molecular formula is C15H19N3O3S2. The fraction of sp³-hybridized carbons (Fsp3) is 0.333. The van der Waals surface area contributed by atoms with Gasteiger partial charge in [0.25, 0.3) is 15.9 Å². The summed E-state index contributed by atoms with van der Waals surface area (Å²) in [4.78, 5) is 16.0. The monoisotopic (exact) mass is 353 g/mol. The molecule has 0 aliphatic carbocycles. The number of benzene rings is 1. The molecule has 0 bridgehead atoms. The van der Waals surface area contributed by atoms with Gasteiger partial charge >= 0.3 is 0 Å². The molecule has 0 atom stereocenters. The van der Waals surface area contributed by atoms with Gasteiger partial charge in [0, 0.05) is 26.8 Å². The molecule has 0 saturated carbocycles. The number of aryl methyl sites for hydroxylation is 1. The zero-order chi connectivity index (χ0) is 17.2. The van der Waals surface area contributed by atoms with Crippen molar-refractivity contribution < 1.29 is 13.2 Å². The first-order valence-electron chi connectivity index (χ1n) is 7.04. The Bertz CT molecular complexity index is 766. The van der Waals surface area contributed by atoms with Crippen molar-refractivity contribution >= 4 is 32.9 Å². The molecule has 0 radical (unpaired) electrons. The van der Waals surface area contributed by atoms with Crippen molar-refractivity contribution in [1.29, 1.82) is 0 Å². The van der Waals surface area contributed by atoms with Crippen LogP contribution in [0.3, 0.4) is 0 Å². The van der Waals surface area contributed by atoms with Gasteiger partial charge in [-0.05, 0) is 37.7 Å². The number of likely N-dealkylation sites (N-methyl/N-ethyl adjacent to an activating group) is 1. The lowest BCUT2D eigenvalue weighted by Gasteiger charge is -2.12. The van der Waals surface area contributed by atoms with E-state index in [2.05, 4.69) is 4.40 Å². The second-order valence-corrected chi connectivity index (χ2v) is 7.88. The van der Waals surface area contributed by atoms with Crippen LogP contribution in [0, 0.1) is 6.92 Å². The molecule has 0 aromatic heterocycles. The fourth-order valence-electron chi connectivity index (χ4n) is 1.95. The first kappa shape index (κ1) is 17.6. The molecule has 8 heteroatoms. The van der Waals surface area contributed by atoms with Crippen LogP contribution in [0.2, 0.25) is 0 Å². The van der Waals surface area contributed by atoms with Crippen LogP contribution in [0.25, 0.3) is 0 Å². The first-order valence-corrected chi connectivity index (χ1v) is 9.30. The molecule has 1 aliphatic heterocycles. The molecule has 23 heavy (non-hydrogen) atoms. The average molecular weight is 353 g/mol. The number of nitrogens with zero attached hydrogens (tertiary/aromatic N) is 3. The Morgan fingerprint density at radius 3 is 2.39 bits per heavy atom. The van der Waals surface area contributed by atoms with E-state index in [1.807, 2.05) is 6.92 Å². The quantitative estimate of drug-likeness (QED) is 0.775. The maximum Gasteiger partial charge on any atom is 0.284 e. The maximum atomic E-state index is 12.4. The third-order valence-electron chi connectivity index (χ3n) is 3.10. The van der Waals surface area contributed by atoms with Gasteiger partial charge in [0.15, 0.2) is 5.17 Å². The molecule has 6 nitrogen and oxygen atoms in total. The minimum Gasteiger partial charge on any atom is -0.382 e. The molecule has 0 N–H and O–H groups in total. The van der Waals surface area contributed by atoms with Gasteiger partial charge in [0.1, 0.15) is 0 Å². The molecule has 1 fully saturated rings. The number of hydrogen-bond acceptors (Lipinski definition) is 5. The van der Waals surface area contributed by atoms with Gasteiger partial charge in [-0.1, -0.05) is 17.7 Å². The van der Waals surface area contributed by atoms with Gasteiger partial charge in [-0.3, -0.25) is 9.69 Å². The number of carbonyl (C=O) groups is 1. The Balaban J connectivity index is 2.41. The fourth-order valence-corrected chi connectivity index (χ4v) is 4.26. The summed E-state index contributed by atoms with van der Waals surface area (Å²) in [6.07, 6.45) is 1.66. The predicted molar refractivity (Wildman–Crippen MR) is 92.5 cm³/mol. The molecule has 1 aliphatic rings. The van der Waals surface area contributed by atoms with E-state index in [4.69, 9.17) is 0 Å². The van der Waals surface area contributed by atoms with E-state index in [1.54, 1.807) is 44.3 Å². The molecule has 1 amide bonds. The van der Waals surface area contributed by atoms with Gasteiger partial charge in [-0.15, -0.1) is 4.40 Å². The van der Waals surface area contributed by atoms with Gasteiger partial charge in [0.2, 0.25) is 0 Å². The van der Waals surface area contributed by atoms with Crippen molar-refractivity contribution in [3.8, 4) is 0 Å². The lowest BCUT2D eigenvalue weighted by Crippen LogP contribution is -2.29. The van der Waals surface area contributed by atoms with Crippen molar-refractivity contribution in [2.45, 2.75) is 18.7 Å². The number of rotatable bonds is 4. The number of carbonyl (C=O) groups excluding carboxylic acids is 1. The summed E-state index contributed by atoms with van der Waals surface area (Å²) >= 11 is 1.07. The lowest BCUT2D eigenvalue weighted by atomic mass is 10.2. The molecule has 1 heterocycles.